The second-order valence-electron chi connectivity index (χ2n) is 1.03. The third-order valence-electron chi connectivity index (χ3n) is 0.450. The van der Waals surface area contributed by atoms with Gasteiger partial charge < -0.3 is 4.74 Å². The molecule has 0 fully saturated rings. The molecule has 0 aromatic rings. The Morgan fingerprint density at radius 2 is 2.62 bits per heavy atom. The molecule has 0 saturated heterocycles. The highest BCUT2D eigenvalue weighted by Crippen LogP contribution is 1.73. The van der Waals surface area contributed by atoms with Crippen LogP contribution in [0.1, 0.15) is 0 Å². The smallest absolute Gasteiger partial charge is 0.421 e. The van der Waals surface area contributed by atoms with Gasteiger partial charge in [-0.3, -0.25) is 5.43 Å². The van der Waals surface area contributed by atoms with E-state index < -0.39 is 6.09 Å². The predicted molar refractivity (Wildman–Crippen MR) is 28.9 cm³/mol. The zero-order chi connectivity index (χ0) is 6.41. The maximum atomic E-state index is 10.1. The lowest BCUT2D eigenvalue weighted by Crippen LogP contribution is -2.30. The van der Waals surface area contributed by atoms with E-state index in [0.29, 0.717) is 0 Å². The molecule has 0 heterocycles. The molecule has 0 rings (SSSR count). The zero-order valence-electron chi connectivity index (χ0n) is 4.39. The van der Waals surface area contributed by atoms with Crippen molar-refractivity contribution in [1.29, 1.82) is 0 Å². The number of hydrazine groups is 1. The van der Waals surface area contributed by atoms with Gasteiger partial charge in [-0.1, -0.05) is 12.7 Å². The van der Waals surface area contributed by atoms with Gasteiger partial charge in [-0.05, 0) is 0 Å². The summed E-state index contributed by atoms with van der Waals surface area (Å²) in [6.07, 6.45) is 0.805. The largest absolute Gasteiger partial charge is 0.444 e. The lowest BCUT2D eigenvalue weighted by atomic mass is 10.7. The number of hydrogen-bond acceptors (Lipinski definition) is 3. The summed E-state index contributed by atoms with van der Waals surface area (Å²) in [5.74, 6) is 4.65. The van der Waals surface area contributed by atoms with Gasteiger partial charge in [-0.25, -0.2) is 10.6 Å². The van der Waals surface area contributed by atoms with Crippen molar-refractivity contribution in [2.45, 2.75) is 0 Å². The fourth-order valence-corrected chi connectivity index (χ4v) is 0.176. The van der Waals surface area contributed by atoms with Crippen molar-refractivity contribution in [3.8, 4) is 0 Å². The average Bonchev–Trinajstić information content (AvgIpc) is 1.83. The van der Waals surface area contributed by atoms with Crippen LogP contribution in [-0.4, -0.2) is 12.7 Å². The molecule has 8 heavy (non-hydrogen) atoms. The van der Waals surface area contributed by atoms with Crippen molar-refractivity contribution >= 4 is 6.09 Å². The molecule has 0 aromatic carbocycles. The minimum absolute atomic E-state index is 0.184. The van der Waals surface area contributed by atoms with Crippen LogP contribution in [0.4, 0.5) is 4.79 Å². The third-order valence-corrected chi connectivity index (χ3v) is 0.450. The Balaban J connectivity index is 3.11. The van der Waals surface area contributed by atoms with Gasteiger partial charge in [-0.2, -0.15) is 0 Å². The summed E-state index contributed by atoms with van der Waals surface area (Å²) >= 11 is 0. The van der Waals surface area contributed by atoms with E-state index >= 15 is 0 Å². The Labute approximate surface area is 47.3 Å². The standard InChI is InChI=1S/C4H8N2O2/c1-2-3-8-4(7)6-5/h2H,1,3,5H2,(H,6,7). The second-order valence-corrected chi connectivity index (χ2v) is 1.03. The summed E-state index contributed by atoms with van der Waals surface area (Å²) in [5.41, 5.74) is 1.79. The van der Waals surface area contributed by atoms with Crippen LogP contribution in [0.3, 0.4) is 0 Å². The summed E-state index contributed by atoms with van der Waals surface area (Å²) in [6.45, 7) is 3.50. The van der Waals surface area contributed by atoms with Gasteiger partial charge in [0.2, 0.25) is 0 Å². The number of ether oxygens (including phenoxy) is 1. The van der Waals surface area contributed by atoms with Gasteiger partial charge in [0.1, 0.15) is 6.61 Å². The summed E-state index contributed by atoms with van der Waals surface area (Å²) < 4.78 is 4.35. The molecule has 3 N–H and O–H groups in total. The molecule has 0 spiro atoms. The first kappa shape index (κ1) is 6.97. The van der Waals surface area contributed by atoms with Gasteiger partial charge in [0.25, 0.3) is 0 Å². The van der Waals surface area contributed by atoms with Crippen molar-refractivity contribution in [2.24, 2.45) is 5.84 Å². The van der Waals surface area contributed by atoms with Crippen LogP contribution in [0.25, 0.3) is 0 Å². The Hall–Kier alpha value is -1.03. The molecule has 0 unspecified atom stereocenters. The Morgan fingerprint density at radius 3 is 3.00 bits per heavy atom. The van der Waals surface area contributed by atoms with Crippen molar-refractivity contribution < 1.29 is 9.53 Å². The Bertz CT molecular complexity index is 92.0. The van der Waals surface area contributed by atoms with Gasteiger partial charge in [0.05, 0.1) is 0 Å². The van der Waals surface area contributed by atoms with Crippen LogP contribution in [-0.2, 0) is 4.74 Å². The van der Waals surface area contributed by atoms with E-state index in [1.165, 1.54) is 6.08 Å². The first-order valence-electron chi connectivity index (χ1n) is 2.05. The molecule has 46 valence electrons. The number of carbonyl (C=O) groups is 1. The van der Waals surface area contributed by atoms with E-state index in [2.05, 4.69) is 17.2 Å². The Morgan fingerprint density at radius 1 is 2.00 bits per heavy atom. The van der Waals surface area contributed by atoms with Crippen LogP contribution in [0.15, 0.2) is 12.7 Å². The first-order chi connectivity index (χ1) is 3.81. The van der Waals surface area contributed by atoms with E-state index in [9.17, 15) is 4.79 Å². The predicted octanol–water partition coefficient (Wildman–Crippen LogP) is -0.228. The minimum atomic E-state index is -0.648. The number of hydrogen-bond donors (Lipinski definition) is 2. The normalized spacial score (nSPS) is 7.62. The van der Waals surface area contributed by atoms with E-state index in [1.807, 2.05) is 0 Å². The van der Waals surface area contributed by atoms with E-state index in [-0.39, 0.29) is 6.61 Å². The van der Waals surface area contributed by atoms with Gasteiger partial charge in [-0.15, -0.1) is 0 Å². The lowest BCUT2D eigenvalue weighted by molar-refractivity contribution is 0.158. The highest BCUT2D eigenvalue weighted by atomic mass is 16.5. The second kappa shape index (κ2) is 4.14. The average molecular weight is 116 g/mol. The van der Waals surface area contributed by atoms with Crippen LogP contribution in [0.2, 0.25) is 0 Å². The van der Waals surface area contributed by atoms with E-state index in [4.69, 9.17) is 0 Å². The van der Waals surface area contributed by atoms with Crippen molar-refractivity contribution in [3.05, 3.63) is 12.7 Å². The van der Waals surface area contributed by atoms with Gasteiger partial charge in [0, 0.05) is 0 Å². The van der Waals surface area contributed by atoms with E-state index in [0.717, 1.165) is 0 Å². The van der Waals surface area contributed by atoms with Crippen LogP contribution in [0.5, 0.6) is 0 Å². The highest BCUT2D eigenvalue weighted by molar-refractivity contribution is 5.66. The van der Waals surface area contributed by atoms with Gasteiger partial charge in [0.15, 0.2) is 0 Å². The van der Waals surface area contributed by atoms with Crippen molar-refractivity contribution in [2.75, 3.05) is 6.61 Å². The summed E-state index contributed by atoms with van der Waals surface area (Å²) in [5, 5.41) is 0. The zero-order valence-corrected chi connectivity index (χ0v) is 4.39. The molecule has 0 saturated carbocycles. The maximum Gasteiger partial charge on any atom is 0.421 e. The highest BCUT2D eigenvalue weighted by Gasteiger charge is 1.91. The molecule has 0 bridgehead atoms. The molecule has 0 aliphatic rings. The lowest BCUT2D eigenvalue weighted by Gasteiger charge is -1.96. The van der Waals surface area contributed by atoms with E-state index in [1.54, 1.807) is 5.43 Å². The number of nitrogens with one attached hydrogen (secondary N) is 1. The molecule has 1 amide bonds. The molecular formula is C4H8N2O2. The monoisotopic (exact) mass is 116 g/mol. The van der Waals surface area contributed by atoms with Crippen molar-refractivity contribution in [1.82, 2.24) is 5.43 Å². The molecule has 0 aliphatic heterocycles. The van der Waals surface area contributed by atoms with Crippen molar-refractivity contribution in [3.63, 3.8) is 0 Å². The minimum Gasteiger partial charge on any atom is -0.444 e. The molecular weight excluding hydrogens is 108 g/mol. The number of rotatable bonds is 2. The summed E-state index contributed by atoms with van der Waals surface area (Å²) in [6, 6.07) is 0. The van der Waals surface area contributed by atoms with Gasteiger partial charge >= 0.3 is 6.09 Å². The molecule has 0 atom stereocenters. The molecule has 0 radical (unpaired) electrons. The number of carbonyl (C=O) groups excluding carboxylic acids is 1. The quantitative estimate of drug-likeness (QED) is 0.227. The SMILES string of the molecule is C=CCOC(=O)NN. The number of nitrogens with two attached hydrogens (primary N) is 1. The molecule has 0 aromatic heterocycles. The fourth-order valence-electron chi connectivity index (χ4n) is 0.176. The van der Waals surface area contributed by atoms with Crippen LogP contribution >= 0.6 is 0 Å². The summed E-state index contributed by atoms with van der Waals surface area (Å²) in [4.78, 5) is 10.1. The number of amides is 1. The van der Waals surface area contributed by atoms with Crippen LogP contribution in [0, 0.1) is 0 Å². The molecule has 4 nitrogen and oxygen atoms in total. The van der Waals surface area contributed by atoms with Crippen LogP contribution < -0.4 is 11.3 Å². The molecule has 0 aliphatic carbocycles. The first-order valence-corrected chi connectivity index (χ1v) is 2.05. The Kier molecular flexibility index (Phi) is 3.60. The summed E-state index contributed by atoms with van der Waals surface area (Å²) in [7, 11) is 0. The maximum absolute atomic E-state index is 10.1. The topological polar surface area (TPSA) is 64.3 Å². The fraction of sp³-hybridized carbons (Fsp3) is 0.250. The third kappa shape index (κ3) is 3.17. The molecule has 4 heteroatoms.